The number of benzene rings is 2. The van der Waals surface area contributed by atoms with Crippen LogP contribution in [0.25, 0.3) is 0 Å². The van der Waals surface area contributed by atoms with Gasteiger partial charge in [0.1, 0.15) is 6.07 Å². The van der Waals surface area contributed by atoms with E-state index in [0.29, 0.717) is 34.9 Å². The van der Waals surface area contributed by atoms with E-state index in [4.69, 9.17) is 13.9 Å². The second kappa shape index (κ2) is 9.36. The van der Waals surface area contributed by atoms with E-state index in [1.165, 1.54) is 5.56 Å². The molecule has 0 atom stereocenters. The van der Waals surface area contributed by atoms with Crippen molar-refractivity contribution in [2.45, 2.75) is 25.9 Å². The summed E-state index contributed by atoms with van der Waals surface area (Å²) in [6, 6.07) is 20.2. The van der Waals surface area contributed by atoms with Gasteiger partial charge in [0.15, 0.2) is 18.1 Å². The number of para-hydroxylation sites is 2. The lowest BCUT2D eigenvalue weighted by atomic mass is 9.90. The number of hydrogen-bond donors (Lipinski definition) is 0. The van der Waals surface area contributed by atoms with Crippen molar-refractivity contribution < 1.29 is 13.9 Å². The minimum absolute atomic E-state index is 0.138. The molecule has 0 unspecified atom stereocenters. The summed E-state index contributed by atoms with van der Waals surface area (Å²) in [6.45, 7) is 1.85. The summed E-state index contributed by atoms with van der Waals surface area (Å²) in [4.78, 5) is 6.45. The van der Waals surface area contributed by atoms with Gasteiger partial charge in [-0.15, -0.1) is 0 Å². The van der Waals surface area contributed by atoms with Crippen LogP contribution in [0.2, 0.25) is 0 Å². The Morgan fingerprint density at radius 1 is 1.07 bits per heavy atom. The Morgan fingerprint density at radius 2 is 1.77 bits per heavy atom. The van der Waals surface area contributed by atoms with Crippen LogP contribution in [-0.4, -0.2) is 25.2 Å². The normalized spacial score (nSPS) is 14.3. The Hall–Kier alpha value is -3.46. The zero-order valence-corrected chi connectivity index (χ0v) is 17.1. The lowest BCUT2D eigenvalue weighted by Crippen LogP contribution is -2.34. The summed E-state index contributed by atoms with van der Waals surface area (Å²) >= 11 is 0. The third-order valence-electron chi connectivity index (χ3n) is 5.45. The van der Waals surface area contributed by atoms with Gasteiger partial charge in [0.2, 0.25) is 17.5 Å². The summed E-state index contributed by atoms with van der Waals surface area (Å²) in [5.41, 5.74) is 1.69. The number of nitriles is 1. The fourth-order valence-corrected chi connectivity index (χ4v) is 3.87. The maximum absolute atomic E-state index is 9.52. The average molecular weight is 403 g/mol. The number of aromatic nitrogens is 1. The average Bonchev–Trinajstić information content (AvgIpc) is 3.22. The van der Waals surface area contributed by atoms with E-state index in [1.54, 1.807) is 7.11 Å². The zero-order valence-electron chi connectivity index (χ0n) is 17.1. The molecule has 3 aromatic rings. The highest BCUT2D eigenvalue weighted by molar-refractivity contribution is 5.48. The first-order chi connectivity index (χ1) is 14.8. The zero-order chi connectivity index (χ0) is 20.8. The predicted molar refractivity (Wildman–Crippen MR) is 114 cm³/mol. The molecule has 30 heavy (non-hydrogen) atoms. The largest absolute Gasteiger partial charge is 0.493 e. The molecule has 0 N–H and O–H groups in total. The smallest absolute Gasteiger partial charge is 0.236 e. The van der Waals surface area contributed by atoms with Crippen LogP contribution in [0, 0.1) is 17.2 Å². The molecule has 0 amide bonds. The SMILES string of the molecule is COc1ccccc1OCc1nc(C#N)c(N2CCC(Cc3ccccc3)CC2)o1. The summed E-state index contributed by atoms with van der Waals surface area (Å²) in [5.74, 6) is 2.84. The van der Waals surface area contributed by atoms with Crippen molar-refractivity contribution in [1.29, 1.82) is 5.26 Å². The topological polar surface area (TPSA) is 71.5 Å². The van der Waals surface area contributed by atoms with Gasteiger partial charge in [-0.2, -0.15) is 10.2 Å². The van der Waals surface area contributed by atoms with Crippen molar-refractivity contribution in [2.75, 3.05) is 25.1 Å². The first-order valence-electron chi connectivity index (χ1n) is 10.2. The Bertz CT molecular complexity index is 1000. The van der Waals surface area contributed by atoms with Gasteiger partial charge in [-0.05, 0) is 42.9 Å². The quantitative estimate of drug-likeness (QED) is 0.574. The molecule has 2 aromatic carbocycles. The van der Waals surface area contributed by atoms with Gasteiger partial charge < -0.3 is 18.8 Å². The third-order valence-corrected chi connectivity index (χ3v) is 5.45. The van der Waals surface area contributed by atoms with Crippen LogP contribution in [0.3, 0.4) is 0 Å². The first-order valence-corrected chi connectivity index (χ1v) is 10.2. The number of anilines is 1. The van der Waals surface area contributed by atoms with Gasteiger partial charge in [0, 0.05) is 13.1 Å². The van der Waals surface area contributed by atoms with Gasteiger partial charge in [0.25, 0.3) is 0 Å². The molecule has 0 spiro atoms. The highest BCUT2D eigenvalue weighted by atomic mass is 16.5. The number of hydrogen-bond acceptors (Lipinski definition) is 6. The lowest BCUT2D eigenvalue weighted by Gasteiger charge is -2.31. The summed E-state index contributed by atoms with van der Waals surface area (Å²) in [7, 11) is 1.60. The third kappa shape index (κ3) is 4.57. The summed E-state index contributed by atoms with van der Waals surface area (Å²) < 4.78 is 17.0. The molecule has 1 aliphatic rings. The monoisotopic (exact) mass is 403 g/mol. The van der Waals surface area contributed by atoms with Crippen LogP contribution in [0.4, 0.5) is 5.88 Å². The first kappa shape index (κ1) is 19.8. The van der Waals surface area contributed by atoms with Crippen LogP contribution in [0.1, 0.15) is 30.0 Å². The Morgan fingerprint density at radius 3 is 2.47 bits per heavy atom. The van der Waals surface area contributed by atoms with E-state index in [0.717, 1.165) is 32.4 Å². The molecule has 0 saturated carbocycles. The van der Waals surface area contributed by atoms with Crippen molar-refractivity contribution in [3.63, 3.8) is 0 Å². The molecule has 1 saturated heterocycles. The molecule has 0 radical (unpaired) electrons. The van der Waals surface area contributed by atoms with Crippen LogP contribution in [0.15, 0.2) is 59.0 Å². The van der Waals surface area contributed by atoms with E-state index >= 15 is 0 Å². The number of ether oxygens (including phenoxy) is 2. The molecule has 0 bridgehead atoms. The number of methoxy groups -OCH3 is 1. The number of piperidine rings is 1. The maximum Gasteiger partial charge on any atom is 0.236 e. The molecular weight excluding hydrogens is 378 g/mol. The number of oxazole rings is 1. The molecule has 1 aromatic heterocycles. The van der Waals surface area contributed by atoms with Gasteiger partial charge >= 0.3 is 0 Å². The molecule has 4 rings (SSSR count). The van der Waals surface area contributed by atoms with Crippen LogP contribution < -0.4 is 14.4 Å². The minimum Gasteiger partial charge on any atom is -0.493 e. The molecule has 6 nitrogen and oxygen atoms in total. The van der Waals surface area contributed by atoms with E-state index in [9.17, 15) is 5.26 Å². The van der Waals surface area contributed by atoms with Crippen molar-refractivity contribution >= 4 is 5.88 Å². The van der Waals surface area contributed by atoms with E-state index in [1.807, 2.05) is 24.3 Å². The lowest BCUT2D eigenvalue weighted by molar-refractivity contribution is 0.249. The van der Waals surface area contributed by atoms with Crippen LogP contribution in [0.5, 0.6) is 11.5 Å². The predicted octanol–water partition coefficient (Wildman–Crippen LogP) is 4.59. The van der Waals surface area contributed by atoms with Crippen molar-refractivity contribution in [1.82, 2.24) is 4.98 Å². The van der Waals surface area contributed by atoms with Crippen LogP contribution in [-0.2, 0) is 13.0 Å². The van der Waals surface area contributed by atoms with E-state index in [2.05, 4.69) is 46.3 Å². The fourth-order valence-electron chi connectivity index (χ4n) is 3.87. The molecule has 154 valence electrons. The molecule has 0 aliphatic carbocycles. The Balaban J connectivity index is 1.38. The number of rotatable bonds is 7. The van der Waals surface area contributed by atoms with Crippen LogP contribution >= 0.6 is 0 Å². The van der Waals surface area contributed by atoms with Crippen molar-refractivity contribution in [2.24, 2.45) is 5.92 Å². The molecule has 6 heteroatoms. The minimum atomic E-state index is 0.138. The highest BCUT2D eigenvalue weighted by Gasteiger charge is 2.25. The standard InChI is InChI=1S/C24H25N3O3/c1-28-21-9-5-6-10-22(21)29-17-23-26-20(16-25)24(30-23)27-13-11-19(12-14-27)15-18-7-3-2-4-8-18/h2-10,19H,11-15,17H2,1H3. The van der Waals surface area contributed by atoms with Crippen molar-refractivity contribution in [3.05, 3.63) is 71.7 Å². The Labute approximate surface area is 176 Å². The fraction of sp³-hybridized carbons (Fsp3) is 0.333. The molecular formula is C24H25N3O3. The van der Waals surface area contributed by atoms with Gasteiger partial charge in [0.05, 0.1) is 7.11 Å². The number of nitrogens with zero attached hydrogens (tertiary/aromatic N) is 3. The summed E-state index contributed by atoms with van der Waals surface area (Å²) in [6.07, 6.45) is 3.22. The second-order valence-corrected chi connectivity index (χ2v) is 7.43. The summed E-state index contributed by atoms with van der Waals surface area (Å²) in [5, 5.41) is 9.52. The second-order valence-electron chi connectivity index (χ2n) is 7.43. The molecule has 1 aliphatic heterocycles. The Kier molecular flexibility index (Phi) is 6.19. The van der Waals surface area contributed by atoms with E-state index < -0.39 is 0 Å². The maximum atomic E-state index is 9.52. The van der Waals surface area contributed by atoms with Gasteiger partial charge in [-0.25, -0.2) is 0 Å². The van der Waals surface area contributed by atoms with Gasteiger partial charge in [-0.3, -0.25) is 0 Å². The van der Waals surface area contributed by atoms with Gasteiger partial charge in [-0.1, -0.05) is 42.5 Å². The highest BCUT2D eigenvalue weighted by Crippen LogP contribution is 2.30. The van der Waals surface area contributed by atoms with E-state index in [-0.39, 0.29) is 6.61 Å². The van der Waals surface area contributed by atoms with Crippen molar-refractivity contribution in [3.8, 4) is 17.6 Å². The molecule has 1 fully saturated rings. The molecule has 2 heterocycles.